The summed E-state index contributed by atoms with van der Waals surface area (Å²) in [5, 5.41) is 2.61. The number of nitrogens with one attached hydrogen (secondary N) is 2. The Morgan fingerprint density at radius 2 is 1.97 bits per heavy atom. The van der Waals surface area contributed by atoms with Crippen LogP contribution in [-0.4, -0.2) is 33.3 Å². The highest BCUT2D eigenvalue weighted by Gasteiger charge is 2.18. The number of hydrogen-bond acceptors (Lipinski definition) is 6. The van der Waals surface area contributed by atoms with Crippen LogP contribution in [-0.2, 0) is 11.0 Å². The van der Waals surface area contributed by atoms with Gasteiger partial charge >= 0.3 is 0 Å². The standard InChI is InChI=1S/C19H18F2N4O3S/c1-3-8-29(27)25-14-5-4-12(20)19(17(14)21)23-13-6-7-15-18(11(13)10-26)24-16(28-2)9-22-15/h4-7,9-10,23,25H,3,8H2,1-2H3. The van der Waals surface area contributed by atoms with Gasteiger partial charge in [0.15, 0.2) is 12.1 Å². The zero-order valence-electron chi connectivity index (χ0n) is 15.7. The minimum Gasteiger partial charge on any atom is -0.480 e. The molecular formula is C19H18F2N4O3S. The van der Waals surface area contributed by atoms with Crippen LogP contribution in [0, 0.1) is 11.6 Å². The number of methoxy groups -OCH3 is 1. The number of halogens is 2. The summed E-state index contributed by atoms with van der Waals surface area (Å²) in [5.41, 5.74) is 0.256. The number of anilines is 3. The van der Waals surface area contributed by atoms with Gasteiger partial charge in [-0.2, -0.15) is 0 Å². The molecule has 0 radical (unpaired) electrons. The Hall–Kier alpha value is -3.14. The maximum atomic E-state index is 14.9. The third-order valence-electron chi connectivity index (χ3n) is 4.02. The molecule has 0 fully saturated rings. The van der Waals surface area contributed by atoms with E-state index in [4.69, 9.17) is 4.74 Å². The lowest BCUT2D eigenvalue weighted by Crippen LogP contribution is -2.11. The number of carbonyl (C=O) groups excluding carboxylic acids is 1. The number of hydrogen-bond donors (Lipinski definition) is 2. The molecule has 0 spiro atoms. The Morgan fingerprint density at radius 1 is 1.21 bits per heavy atom. The molecule has 0 bridgehead atoms. The maximum absolute atomic E-state index is 14.9. The Morgan fingerprint density at radius 3 is 2.66 bits per heavy atom. The van der Waals surface area contributed by atoms with Gasteiger partial charge in [0.05, 0.1) is 35.8 Å². The number of benzene rings is 2. The number of rotatable bonds is 8. The van der Waals surface area contributed by atoms with Crippen molar-refractivity contribution in [3.8, 4) is 5.88 Å². The van der Waals surface area contributed by atoms with Gasteiger partial charge in [-0.3, -0.25) is 4.79 Å². The van der Waals surface area contributed by atoms with E-state index in [-0.39, 0.29) is 28.3 Å². The van der Waals surface area contributed by atoms with Gasteiger partial charge in [0.25, 0.3) is 0 Å². The van der Waals surface area contributed by atoms with Crippen LogP contribution in [0.2, 0.25) is 0 Å². The van der Waals surface area contributed by atoms with Crippen LogP contribution in [0.15, 0.2) is 30.5 Å². The third kappa shape index (κ3) is 4.32. The topological polar surface area (TPSA) is 93.2 Å². The molecule has 1 heterocycles. The van der Waals surface area contributed by atoms with Crippen LogP contribution >= 0.6 is 0 Å². The molecule has 0 aliphatic carbocycles. The molecule has 1 unspecified atom stereocenters. The molecule has 7 nitrogen and oxygen atoms in total. The lowest BCUT2D eigenvalue weighted by molar-refractivity contribution is 0.112. The summed E-state index contributed by atoms with van der Waals surface area (Å²) in [7, 11) is -0.0926. The molecule has 1 aromatic heterocycles. The molecule has 0 aliphatic rings. The summed E-state index contributed by atoms with van der Waals surface area (Å²) in [4.78, 5) is 20.0. The van der Waals surface area contributed by atoms with Gasteiger partial charge < -0.3 is 14.8 Å². The summed E-state index contributed by atoms with van der Waals surface area (Å²) in [6, 6.07) is 5.24. The lowest BCUT2D eigenvalue weighted by Gasteiger charge is -2.15. The summed E-state index contributed by atoms with van der Waals surface area (Å²) in [6.07, 6.45) is 2.56. The van der Waals surface area contributed by atoms with Gasteiger partial charge in [-0.15, -0.1) is 0 Å². The van der Waals surface area contributed by atoms with Crippen molar-refractivity contribution in [2.24, 2.45) is 0 Å². The number of nitrogens with zero attached hydrogens (tertiary/aromatic N) is 2. The number of ether oxygens (including phenoxy) is 1. The van der Waals surface area contributed by atoms with Crippen molar-refractivity contribution in [3.63, 3.8) is 0 Å². The highest BCUT2D eigenvalue weighted by Crippen LogP contribution is 2.32. The molecule has 0 amide bonds. The summed E-state index contributed by atoms with van der Waals surface area (Å²) < 4.78 is 48.6. The van der Waals surface area contributed by atoms with Crippen molar-refractivity contribution < 1.29 is 22.5 Å². The minimum atomic E-state index is -1.50. The van der Waals surface area contributed by atoms with Crippen LogP contribution in [0.5, 0.6) is 5.88 Å². The molecule has 0 saturated carbocycles. The van der Waals surface area contributed by atoms with Gasteiger partial charge in [0, 0.05) is 5.75 Å². The average molecular weight is 420 g/mol. The largest absolute Gasteiger partial charge is 0.480 e. The molecule has 152 valence electrons. The van der Waals surface area contributed by atoms with Crippen molar-refractivity contribution in [3.05, 3.63) is 47.7 Å². The van der Waals surface area contributed by atoms with Crippen molar-refractivity contribution in [2.75, 3.05) is 22.9 Å². The fraction of sp³-hybridized carbons (Fsp3) is 0.211. The third-order valence-corrected chi connectivity index (χ3v) is 5.25. The number of aromatic nitrogens is 2. The molecule has 2 aromatic carbocycles. The zero-order chi connectivity index (χ0) is 21.0. The molecular weight excluding hydrogens is 402 g/mol. The van der Waals surface area contributed by atoms with Crippen molar-refractivity contribution >= 4 is 45.4 Å². The highest BCUT2D eigenvalue weighted by molar-refractivity contribution is 7.86. The van der Waals surface area contributed by atoms with Crippen LogP contribution < -0.4 is 14.8 Å². The van der Waals surface area contributed by atoms with Crippen LogP contribution in [0.4, 0.5) is 25.8 Å². The minimum absolute atomic E-state index is 0.0700. The molecule has 29 heavy (non-hydrogen) atoms. The SMILES string of the molecule is CCCS(=O)Nc1ccc(F)c(Nc2ccc3ncc(OC)nc3c2C=O)c1F. The van der Waals surface area contributed by atoms with Crippen molar-refractivity contribution in [1.29, 1.82) is 0 Å². The molecule has 3 aromatic rings. The van der Waals surface area contributed by atoms with Crippen molar-refractivity contribution in [2.45, 2.75) is 13.3 Å². The Balaban J connectivity index is 2.04. The van der Waals surface area contributed by atoms with Gasteiger partial charge in [-0.05, 0) is 30.7 Å². The predicted molar refractivity (Wildman–Crippen MR) is 108 cm³/mol. The normalized spacial score (nSPS) is 11.9. The van der Waals surface area contributed by atoms with Crippen LogP contribution in [0.1, 0.15) is 23.7 Å². The smallest absolute Gasteiger partial charge is 0.232 e. The van der Waals surface area contributed by atoms with Crippen molar-refractivity contribution in [1.82, 2.24) is 9.97 Å². The van der Waals surface area contributed by atoms with E-state index >= 15 is 0 Å². The first-order chi connectivity index (χ1) is 14.0. The van der Waals surface area contributed by atoms with E-state index in [2.05, 4.69) is 20.0 Å². The number of fused-ring (bicyclic) bond motifs is 1. The van der Waals surface area contributed by atoms with Gasteiger partial charge in [-0.25, -0.2) is 23.0 Å². The maximum Gasteiger partial charge on any atom is 0.232 e. The van der Waals surface area contributed by atoms with Gasteiger partial charge in [-0.1, -0.05) is 6.92 Å². The van der Waals surface area contributed by atoms with E-state index in [0.717, 1.165) is 6.07 Å². The second-order valence-electron chi connectivity index (χ2n) is 5.99. The quantitative estimate of drug-likeness (QED) is 0.536. The van der Waals surface area contributed by atoms with Crippen LogP contribution in [0.25, 0.3) is 11.0 Å². The zero-order valence-corrected chi connectivity index (χ0v) is 16.5. The first-order valence-corrected chi connectivity index (χ1v) is 9.99. The fourth-order valence-electron chi connectivity index (χ4n) is 2.65. The van der Waals surface area contributed by atoms with E-state index in [1.54, 1.807) is 6.07 Å². The molecule has 0 aliphatic heterocycles. The Bertz CT molecular complexity index is 1090. The second-order valence-corrected chi connectivity index (χ2v) is 7.29. The van der Waals surface area contributed by atoms with Crippen LogP contribution in [0.3, 0.4) is 0 Å². The molecule has 10 heteroatoms. The molecule has 1 atom stereocenters. The lowest BCUT2D eigenvalue weighted by atomic mass is 10.1. The van der Waals surface area contributed by atoms with E-state index in [9.17, 15) is 17.8 Å². The molecule has 0 saturated heterocycles. The van der Waals surface area contributed by atoms with Gasteiger partial charge in [0.1, 0.15) is 28.0 Å². The number of aldehydes is 1. The predicted octanol–water partition coefficient (Wildman–Crippen LogP) is 3.96. The summed E-state index contributed by atoms with van der Waals surface area (Å²) >= 11 is 0. The monoisotopic (exact) mass is 420 g/mol. The highest BCUT2D eigenvalue weighted by atomic mass is 32.2. The first-order valence-electron chi connectivity index (χ1n) is 8.67. The van der Waals surface area contributed by atoms with Gasteiger partial charge in [0.2, 0.25) is 5.88 Å². The second kappa shape index (κ2) is 8.91. The fourth-order valence-corrected chi connectivity index (χ4v) is 3.52. The average Bonchev–Trinajstić information content (AvgIpc) is 2.72. The molecule has 2 N–H and O–H groups in total. The molecule has 3 rings (SSSR count). The summed E-state index contributed by atoms with van der Waals surface area (Å²) in [6.45, 7) is 1.84. The number of carbonyl (C=O) groups is 1. The van der Waals surface area contributed by atoms with E-state index in [1.165, 1.54) is 25.4 Å². The Kier molecular flexibility index (Phi) is 6.32. The van der Waals surface area contributed by atoms with E-state index in [0.29, 0.717) is 24.0 Å². The van der Waals surface area contributed by atoms with E-state index in [1.807, 2.05) is 6.92 Å². The first kappa shape index (κ1) is 20.6. The Labute approximate surface area is 168 Å². The summed E-state index contributed by atoms with van der Waals surface area (Å²) in [5.74, 6) is -1.31. The van der Waals surface area contributed by atoms with E-state index < -0.39 is 28.3 Å².